The van der Waals surface area contributed by atoms with E-state index in [0.29, 0.717) is 16.9 Å². The number of benzene rings is 1. The van der Waals surface area contributed by atoms with Gasteiger partial charge in [-0.15, -0.1) is 0 Å². The van der Waals surface area contributed by atoms with Crippen LogP contribution in [0.15, 0.2) is 21.3 Å². The Morgan fingerprint density at radius 1 is 1.03 bits per heavy atom. The third-order valence-electron chi connectivity index (χ3n) is 5.93. The Morgan fingerprint density at radius 2 is 1.76 bits per heavy atom. The summed E-state index contributed by atoms with van der Waals surface area (Å²) in [4.78, 5) is 12.5. The first-order valence-corrected chi connectivity index (χ1v) is 9.97. The highest BCUT2D eigenvalue weighted by molar-refractivity contribution is 5.86. The van der Waals surface area contributed by atoms with Crippen molar-refractivity contribution in [3.8, 4) is 5.75 Å². The summed E-state index contributed by atoms with van der Waals surface area (Å²) in [5, 5.41) is 40.3. The highest BCUT2D eigenvalue weighted by Gasteiger charge is 2.44. The molecular formula is C21H26O8. The number of aliphatic hydroxyl groups excluding tert-OH is 4. The van der Waals surface area contributed by atoms with Gasteiger partial charge in [0.1, 0.15) is 35.7 Å². The summed E-state index contributed by atoms with van der Waals surface area (Å²) < 4.78 is 16.8. The molecule has 4 N–H and O–H groups in total. The topological polar surface area (TPSA) is 130 Å². The number of rotatable bonds is 3. The predicted molar refractivity (Wildman–Crippen MR) is 103 cm³/mol. The SMILES string of the molecule is Cc1c(O[C@H]2O[C@@H](CO)[C@H](O)[C@@H](O)[C@@H]2O)ccc2c3c(c(=O)oc12)CCCCC3. The lowest BCUT2D eigenvalue weighted by atomic mass is 9.98. The van der Waals surface area contributed by atoms with Gasteiger partial charge in [0, 0.05) is 16.5 Å². The summed E-state index contributed by atoms with van der Waals surface area (Å²) in [6, 6.07) is 3.54. The molecule has 158 valence electrons. The standard InChI is InChI=1S/C21H26O8/c1-10-14(27-21-18(25)17(24)16(23)15(9-22)28-21)8-7-12-11-5-3-2-4-6-13(11)20(26)29-19(10)12/h7-8,15-18,21-25H,2-6,9H2,1H3/t15-,16-,17+,18-,21-/m0/s1. The van der Waals surface area contributed by atoms with Gasteiger partial charge in [0.15, 0.2) is 0 Å². The molecule has 0 radical (unpaired) electrons. The zero-order valence-electron chi connectivity index (χ0n) is 16.2. The van der Waals surface area contributed by atoms with E-state index in [0.717, 1.165) is 48.6 Å². The largest absolute Gasteiger partial charge is 0.462 e. The van der Waals surface area contributed by atoms with Crippen molar-refractivity contribution in [2.24, 2.45) is 0 Å². The number of fused-ring (bicyclic) bond motifs is 3. The van der Waals surface area contributed by atoms with Crippen LogP contribution in [0.1, 0.15) is 36.0 Å². The van der Waals surface area contributed by atoms with E-state index in [1.54, 1.807) is 13.0 Å². The van der Waals surface area contributed by atoms with Crippen LogP contribution in [0, 0.1) is 6.92 Å². The van der Waals surface area contributed by atoms with Gasteiger partial charge >= 0.3 is 5.63 Å². The summed E-state index contributed by atoms with van der Waals surface area (Å²) in [5.74, 6) is 0.318. The first kappa shape index (κ1) is 20.3. The third kappa shape index (κ3) is 3.55. The molecule has 2 aromatic rings. The molecule has 1 aliphatic carbocycles. The van der Waals surface area contributed by atoms with Gasteiger partial charge in [-0.1, -0.05) is 6.42 Å². The summed E-state index contributed by atoms with van der Waals surface area (Å²) in [7, 11) is 0. The van der Waals surface area contributed by atoms with E-state index in [9.17, 15) is 25.2 Å². The molecule has 0 bridgehead atoms. The zero-order chi connectivity index (χ0) is 20.7. The van der Waals surface area contributed by atoms with Gasteiger partial charge in [0.25, 0.3) is 0 Å². The minimum atomic E-state index is -1.53. The molecule has 2 aliphatic rings. The molecule has 1 aromatic heterocycles. The van der Waals surface area contributed by atoms with Crippen molar-refractivity contribution in [3.05, 3.63) is 39.2 Å². The average molecular weight is 406 g/mol. The molecule has 1 aromatic carbocycles. The second-order valence-corrected chi connectivity index (χ2v) is 7.79. The van der Waals surface area contributed by atoms with E-state index in [1.165, 1.54) is 0 Å². The third-order valence-corrected chi connectivity index (χ3v) is 5.93. The van der Waals surface area contributed by atoms with Gasteiger partial charge < -0.3 is 34.3 Å². The molecule has 4 rings (SSSR count). The number of aliphatic hydroxyl groups is 4. The Morgan fingerprint density at radius 3 is 2.48 bits per heavy atom. The Kier molecular flexibility index (Phi) is 5.63. The maximum absolute atomic E-state index is 12.5. The first-order valence-electron chi connectivity index (χ1n) is 9.97. The van der Waals surface area contributed by atoms with Crippen LogP contribution in [0.5, 0.6) is 5.75 Å². The second kappa shape index (κ2) is 8.04. The minimum Gasteiger partial charge on any atom is -0.462 e. The number of aryl methyl sites for hydroxylation is 2. The Hall–Kier alpha value is -1.97. The van der Waals surface area contributed by atoms with Crippen LogP contribution in [0.25, 0.3) is 11.0 Å². The van der Waals surface area contributed by atoms with Gasteiger partial charge in [0.2, 0.25) is 6.29 Å². The maximum atomic E-state index is 12.5. The molecule has 1 aliphatic heterocycles. The van der Waals surface area contributed by atoms with Crippen LogP contribution in [-0.4, -0.2) is 57.7 Å². The fraction of sp³-hybridized carbons (Fsp3) is 0.571. The molecule has 8 nitrogen and oxygen atoms in total. The average Bonchev–Trinajstić information content (AvgIpc) is 2.97. The molecule has 0 spiro atoms. The second-order valence-electron chi connectivity index (χ2n) is 7.79. The van der Waals surface area contributed by atoms with Crippen LogP contribution in [0.2, 0.25) is 0 Å². The van der Waals surface area contributed by atoms with Crippen molar-refractivity contribution < 1.29 is 34.3 Å². The number of hydrogen-bond donors (Lipinski definition) is 4. The Labute approximate surface area is 167 Å². The summed E-state index contributed by atoms with van der Waals surface area (Å²) in [5.41, 5.74) is 2.44. The summed E-state index contributed by atoms with van der Waals surface area (Å²) in [6.45, 7) is 1.20. The maximum Gasteiger partial charge on any atom is 0.339 e. The highest BCUT2D eigenvalue weighted by Crippen LogP contribution is 2.34. The lowest BCUT2D eigenvalue weighted by Crippen LogP contribution is -2.60. The van der Waals surface area contributed by atoms with Crippen molar-refractivity contribution in [3.63, 3.8) is 0 Å². The zero-order valence-corrected chi connectivity index (χ0v) is 16.2. The number of hydrogen-bond acceptors (Lipinski definition) is 8. The van der Waals surface area contributed by atoms with Crippen LogP contribution in [0.3, 0.4) is 0 Å². The van der Waals surface area contributed by atoms with Gasteiger partial charge in [-0.3, -0.25) is 0 Å². The normalized spacial score (nSPS) is 30.0. The van der Waals surface area contributed by atoms with E-state index in [-0.39, 0.29) is 5.63 Å². The van der Waals surface area contributed by atoms with Gasteiger partial charge in [0.05, 0.1) is 6.61 Å². The van der Waals surface area contributed by atoms with Gasteiger partial charge in [-0.2, -0.15) is 0 Å². The Balaban J connectivity index is 1.70. The molecule has 2 heterocycles. The van der Waals surface area contributed by atoms with Crippen molar-refractivity contribution in [2.75, 3.05) is 6.61 Å². The number of ether oxygens (including phenoxy) is 2. The summed E-state index contributed by atoms with van der Waals surface area (Å²) >= 11 is 0. The first-order chi connectivity index (χ1) is 13.9. The molecule has 0 amide bonds. The fourth-order valence-electron chi connectivity index (χ4n) is 4.22. The van der Waals surface area contributed by atoms with Crippen LogP contribution in [0.4, 0.5) is 0 Å². The molecule has 1 saturated heterocycles. The molecule has 8 heteroatoms. The lowest BCUT2D eigenvalue weighted by Gasteiger charge is -2.39. The highest BCUT2D eigenvalue weighted by atomic mass is 16.7. The summed E-state index contributed by atoms with van der Waals surface area (Å²) in [6.07, 6.45) is -2.24. The van der Waals surface area contributed by atoms with Crippen LogP contribution >= 0.6 is 0 Å². The van der Waals surface area contributed by atoms with Crippen molar-refractivity contribution >= 4 is 11.0 Å². The molecule has 5 atom stereocenters. The minimum absolute atomic E-state index is 0.318. The van der Waals surface area contributed by atoms with E-state index >= 15 is 0 Å². The molecule has 0 unspecified atom stereocenters. The smallest absolute Gasteiger partial charge is 0.339 e. The van der Waals surface area contributed by atoms with E-state index in [4.69, 9.17) is 13.9 Å². The van der Waals surface area contributed by atoms with Crippen LogP contribution < -0.4 is 10.4 Å². The van der Waals surface area contributed by atoms with Crippen molar-refractivity contribution in [2.45, 2.75) is 69.7 Å². The Bertz CT molecular complexity index is 950. The van der Waals surface area contributed by atoms with E-state index in [2.05, 4.69) is 0 Å². The van der Waals surface area contributed by atoms with E-state index < -0.39 is 37.3 Å². The monoisotopic (exact) mass is 406 g/mol. The molecule has 1 fully saturated rings. The van der Waals surface area contributed by atoms with Gasteiger partial charge in [-0.05, 0) is 50.3 Å². The fourth-order valence-corrected chi connectivity index (χ4v) is 4.22. The van der Waals surface area contributed by atoms with E-state index in [1.807, 2.05) is 6.07 Å². The van der Waals surface area contributed by atoms with Crippen LogP contribution in [-0.2, 0) is 17.6 Å². The molecule has 29 heavy (non-hydrogen) atoms. The predicted octanol–water partition coefficient (Wildman–Crippen LogP) is 0.549. The van der Waals surface area contributed by atoms with Gasteiger partial charge in [-0.25, -0.2) is 4.79 Å². The van der Waals surface area contributed by atoms with Crippen molar-refractivity contribution in [1.29, 1.82) is 0 Å². The lowest BCUT2D eigenvalue weighted by molar-refractivity contribution is -0.277. The molecule has 0 saturated carbocycles. The molecular weight excluding hydrogens is 380 g/mol. The quantitative estimate of drug-likeness (QED) is 0.430. The van der Waals surface area contributed by atoms with Crippen molar-refractivity contribution in [1.82, 2.24) is 0 Å².